The molecule has 2 heteroatoms. The van der Waals surface area contributed by atoms with Gasteiger partial charge in [-0.3, -0.25) is 4.90 Å². The summed E-state index contributed by atoms with van der Waals surface area (Å²) < 4.78 is 0. The van der Waals surface area contributed by atoms with E-state index in [0.717, 1.165) is 24.3 Å². The van der Waals surface area contributed by atoms with Gasteiger partial charge in [0, 0.05) is 19.6 Å². The molecule has 3 aliphatic rings. The molecule has 2 saturated heterocycles. The van der Waals surface area contributed by atoms with E-state index in [-0.39, 0.29) is 0 Å². The maximum atomic E-state index is 2.73. The Morgan fingerprint density at radius 1 is 0.917 bits per heavy atom. The number of hydrogen-bond acceptors (Lipinski definition) is 2. The van der Waals surface area contributed by atoms with Crippen molar-refractivity contribution in [2.75, 3.05) is 32.7 Å². The lowest BCUT2D eigenvalue weighted by molar-refractivity contribution is 0.118. The van der Waals surface area contributed by atoms with E-state index in [0.29, 0.717) is 0 Å². The minimum absolute atomic E-state index is 0.832. The molecule has 0 amide bonds. The van der Waals surface area contributed by atoms with Crippen LogP contribution < -0.4 is 0 Å². The van der Waals surface area contributed by atoms with Gasteiger partial charge in [0.05, 0.1) is 0 Å². The maximum absolute atomic E-state index is 2.73. The highest BCUT2D eigenvalue weighted by Gasteiger charge is 2.32. The van der Waals surface area contributed by atoms with Gasteiger partial charge in [0.2, 0.25) is 0 Å². The van der Waals surface area contributed by atoms with Crippen LogP contribution in [0.1, 0.15) is 62.5 Å². The summed E-state index contributed by atoms with van der Waals surface area (Å²) >= 11 is 0. The molecule has 0 radical (unpaired) electrons. The van der Waals surface area contributed by atoms with Crippen LogP contribution in [0.5, 0.6) is 0 Å². The number of rotatable bonds is 5. The van der Waals surface area contributed by atoms with Crippen molar-refractivity contribution in [3.63, 3.8) is 0 Å². The summed E-state index contributed by atoms with van der Waals surface area (Å²) in [5.74, 6) is 2.69. The van der Waals surface area contributed by atoms with Gasteiger partial charge >= 0.3 is 0 Å². The van der Waals surface area contributed by atoms with Crippen molar-refractivity contribution in [2.24, 2.45) is 11.8 Å². The van der Waals surface area contributed by atoms with Crippen molar-refractivity contribution in [1.29, 1.82) is 0 Å². The Morgan fingerprint density at radius 2 is 1.62 bits per heavy atom. The van der Waals surface area contributed by atoms with Crippen molar-refractivity contribution in [1.82, 2.24) is 9.80 Å². The second kappa shape index (κ2) is 7.58. The summed E-state index contributed by atoms with van der Waals surface area (Å²) in [6.07, 6.45) is 8.45. The van der Waals surface area contributed by atoms with Gasteiger partial charge in [0.15, 0.2) is 0 Å². The molecule has 1 unspecified atom stereocenters. The van der Waals surface area contributed by atoms with Crippen LogP contribution in [-0.4, -0.2) is 42.5 Å². The topological polar surface area (TPSA) is 6.48 Å². The number of likely N-dealkylation sites (tertiary alicyclic amines) is 2. The first kappa shape index (κ1) is 16.6. The van der Waals surface area contributed by atoms with Crippen molar-refractivity contribution < 1.29 is 0 Å². The third-order valence-electron chi connectivity index (χ3n) is 6.55. The minimum atomic E-state index is 0.832. The summed E-state index contributed by atoms with van der Waals surface area (Å²) in [5, 5.41) is 0. The van der Waals surface area contributed by atoms with Gasteiger partial charge in [-0.2, -0.15) is 0 Å². The lowest BCUT2D eigenvalue weighted by Gasteiger charge is -2.41. The van der Waals surface area contributed by atoms with E-state index < -0.39 is 0 Å². The van der Waals surface area contributed by atoms with Crippen LogP contribution in [0.4, 0.5) is 0 Å². The third-order valence-corrected chi connectivity index (χ3v) is 6.55. The van der Waals surface area contributed by atoms with Gasteiger partial charge in [-0.15, -0.1) is 0 Å². The van der Waals surface area contributed by atoms with Crippen molar-refractivity contribution in [2.45, 2.75) is 57.9 Å². The molecule has 1 aromatic rings. The Balaban J connectivity index is 1.23. The molecule has 0 aromatic heterocycles. The molecule has 2 heterocycles. The van der Waals surface area contributed by atoms with E-state index in [1.165, 1.54) is 76.8 Å². The largest absolute Gasteiger partial charge is 0.303 e. The zero-order chi connectivity index (χ0) is 16.4. The van der Waals surface area contributed by atoms with Crippen LogP contribution >= 0.6 is 0 Å². The summed E-state index contributed by atoms with van der Waals surface area (Å²) in [4.78, 5) is 5.32. The van der Waals surface area contributed by atoms with E-state index in [4.69, 9.17) is 0 Å². The fourth-order valence-electron chi connectivity index (χ4n) is 5.07. The van der Waals surface area contributed by atoms with Crippen LogP contribution in [0, 0.1) is 11.8 Å². The molecule has 1 aliphatic carbocycles. The zero-order valence-corrected chi connectivity index (χ0v) is 15.4. The molecule has 2 nitrogen and oxygen atoms in total. The van der Waals surface area contributed by atoms with Crippen LogP contribution in [0.2, 0.25) is 0 Å². The SMILES string of the molecule is CC1CCCN(CC2CC(c3ccc(CN4CCCC4)cc3)C2)C1. The van der Waals surface area contributed by atoms with Gasteiger partial charge in [0.25, 0.3) is 0 Å². The Morgan fingerprint density at radius 3 is 2.33 bits per heavy atom. The number of benzene rings is 1. The molecule has 0 spiro atoms. The van der Waals surface area contributed by atoms with Crippen LogP contribution in [-0.2, 0) is 6.54 Å². The first-order valence-corrected chi connectivity index (χ1v) is 10.3. The number of piperidine rings is 1. The van der Waals surface area contributed by atoms with Crippen LogP contribution in [0.15, 0.2) is 24.3 Å². The molecular weight excluding hydrogens is 292 g/mol. The van der Waals surface area contributed by atoms with E-state index in [1.807, 2.05) is 0 Å². The van der Waals surface area contributed by atoms with Crippen LogP contribution in [0.25, 0.3) is 0 Å². The van der Waals surface area contributed by atoms with Crippen molar-refractivity contribution >= 4 is 0 Å². The molecule has 4 rings (SSSR count). The third kappa shape index (κ3) is 4.03. The standard InChI is InChI=1S/C22H34N2/c1-18-5-4-12-24(15-18)17-20-13-22(14-20)21-8-6-19(7-9-21)16-23-10-2-3-11-23/h6-9,18,20,22H,2-5,10-17H2,1H3. The molecule has 1 saturated carbocycles. The van der Waals surface area contributed by atoms with E-state index in [9.17, 15) is 0 Å². The summed E-state index contributed by atoms with van der Waals surface area (Å²) in [6.45, 7) is 10.2. The fourth-order valence-corrected chi connectivity index (χ4v) is 5.07. The van der Waals surface area contributed by atoms with E-state index in [1.54, 1.807) is 5.56 Å². The van der Waals surface area contributed by atoms with Gasteiger partial charge in [0.1, 0.15) is 0 Å². The van der Waals surface area contributed by atoms with Gasteiger partial charge in [-0.25, -0.2) is 0 Å². The van der Waals surface area contributed by atoms with Crippen LogP contribution in [0.3, 0.4) is 0 Å². The normalized spacial score (nSPS) is 32.0. The Kier molecular flexibility index (Phi) is 5.24. The Hall–Kier alpha value is -0.860. The second-order valence-electron chi connectivity index (χ2n) is 8.77. The molecule has 1 atom stereocenters. The second-order valence-corrected chi connectivity index (χ2v) is 8.77. The summed E-state index contributed by atoms with van der Waals surface area (Å²) in [5.41, 5.74) is 3.09. The van der Waals surface area contributed by atoms with E-state index >= 15 is 0 Å². The Labute approximate surface area is 148 Å². The average molecular weight is 327 g/mol. The van der Waals surface area contributed by atoms with Gasteiger partial charge in [-0.1, -0.05) is 31.2 Å². The fraction of sp³-hybridized carbons (Fsp3) is 0.727. The smallest absolute Gasteiger partial charge is 0.0233 e. The zero-order valence-electron chi connectivity index (χ0n) is 15.4. The predicted octanol–water partition coefficient (Wildman–Crippen LogP) is 4.51. The highest BCUT2D eigenvalue weighted by atomic mass is 15.1. The number of hydrogen-bond donors (Lipinski definition) is 0. The minimum Gasteiger partial charge on any atom is -0.303 e. The molecule has 24 heavy (non-hydrogen) atoms. The van der Waals surface area contributed by atoms with Crippen molar-refractivity contribution in [3.8, 4) is 0 Å². The monoisotopic (exact) mass is 326 g/mol. The van der Waals surface area contributed by atoms with Crippen molar-refractivity contribution in [3.05, 3.63) is 35.4 Å². The molecular formula is C22H34N2. The molecule has 3 fully saturated rings. The first-order chi connectivity index (χ1) is 11.8. The molecule has 132 valence electrons. The summed E-state index contributed by atoms with van der Waals surface area (Å²) in [6, 6.07) is 9.59. The first-order valence-electron chi connectivity index (χ1n) is 10.3. The van der Waals surface area contributed by atoms with Gasteiger partial charge in [-0.05, 0) is 87.0 Å². The van der Waals surface area contributed by atoms with Gasteiger partial charge < -0.3 is 4.90 Å². The summed E-state index contributed by atoms with van der Waals surface area (Å²) in [7, 11) is 0. The lowest BCUT2D eigenvalue weighted by atomic mass is 9.71. The average Bonchev–Trinajstić information content (AvgIpc) is 3.05. The molecule has 2 aliphatic heterocycles. The quantitative estimate of drug-likeness (QED) is 0.785. The lowest BCUT2D eigenvalue weighted by Crippen LogP contribution is -2.40. The number of nitrogens with zero attached hydrogens (tertiary/aromatic N) is 2. The molecule has 1 aromatic carbocycles. The maximum Gasteiger partial charge on any atom is 0.0233 e. The predicted molar refractivity (Wildman–Crippen MR) is 101 cm³/mol. The Bertz CT molecular complexity index is 511. The molecule has 0 N–H and O–H groups in total. The highest BCUT2D eigenvalue weighted by molar-refractivity contribution is 5.27. The molecule has 0 bridgehead atoms. The van der Waals surface area contributed by atoms with E-state index in [2.05, 4.69) is 41.0 Å². The highest BCUT2D eigenvalue weighted by Crippen LogP contribution is 2.42.